The first-order chi connectivity index (χ1) is 10.3. The molecule has 0 radical (unpaired) electrons. The highest BCUT2D eigenvalue weighted by Gasteiger charge is 2.38. The van der Waals surface area contributed by atoms with Gasteiger partial charge < -0.3 is 10.2 Å². The fourth-order valence-corrected chi connectivity index (χ4v) is 3.35. The molecule has 120 valence electrons. The zero-order chi connectivity index (χ0) is 16.3. The van der Waals surface area contributed by atoms with Gasteiger partial charge in [-0.2, -0.15) is 0 Å². The van der Waals surface area contributed by atoms with E-state index in [1.807, 2.05) is 39.8 Å². The Kier molecular flexibility index (Phi) is 5.11. The standard InChI is InChI=1S/C16H23N3O2S/c1-11-5-6-12(7-17-11)8-18-14(20)13-9-22-10-19(13)15(21)16(2,3)4/h5-7,13H,8-10H2,1-4H3,(H,18,20)/t13-/m1/s1. The summed E-state index contributed by atoms with van der Waals surface area (Å²) >= 11 is 1.62. The van der Waals surface area contributed by atoms with Gasteiger partial charge in [-0.3, -0.25) is 14.6 Å². The molecule has 1 fully saturated rings. The van der Waals surface area contributed by atoms with Crippen LogP contribution in [0.15, 0.2) is 18.3 Å². The minimum Gasteiger partial charge on any atom is -0.350 e. The number of thioether (sulfide) groups is 1. The van der Waals surface area contributed by atoms with Gasteiger partial charge in [0.25, 0.3) is 0 Å². The quantitative estimate of drug-likeness (QED) is 0.924. The van der Waals surface area contributed by atoms with Crippen molar-refractivity contribution in [3.63, 3.8) is 0 Å². The van der Waals surface area contributed by atoms with Gasteiger partial charge in [-0.05, 0) is 18.6 Å². The van der Waals surface area contributed by atoms with E-state index in [4.69, 9.17) is 0 Å². The summed E-state index contributed by atoms with van der Waals surface area (Å²) in [5.41, 5.74) is 1.44. The zero-order valence-corrected chi connectivity index (χ0v) is 14.4. The van der Waals surface area contributed by atoms with Crippen molar-refractivity contribution < 1.29 is 9.59 Å². The number of amides is 2. The van der Waals surface area contributed by atoms with Crippen LogP contribution >= 0.6 is 11.8 Å². The lowest BCUT2D eigenvalue weighted by Gasteiger charge is -2.29. The number of nitrogens with one attached hydrogen (secondary N) is 1. The maximum Gasteiger partial charge on any atom is 0.243 e. The third-order valence-corrected chi connectivity index (χ3v) is 4.54. The summed E-state index contributed by atoms with van der Waals surface area (Å²) in [6.07, 6.45) is 1.76. The molecule has 2 amide bonds. The van der Waals surface area contributed by atoms with Crippen molar-refractivity contribution in [2.45, 2.75) is 40.3 Å². The van der Waals surface area contributed by atoms with Gasteiger partial charge in [0.05, 0.1) is 5.88 Å². The van der Waals surface area contributed by atoms with Crippen LogP contribution in [-0.4, -0.2) is 39.4 Å². The Morgan fingerprint density at radius 3 is 2.73 bits per heavy atom. The molecule has 1 aliphatic rings. The third-order valence-electron chi connectivity index (χ3n) is 3.53. The molecule has 2 rings (SSSR count). The van der Waals surface area contributed by atoms with Crippen LogP contribution in [0.25, 0.3) is 0 Å². The number of pyridine rings is 1. The second-order valence-electron chi connectivity index (χ2n) is 6.57. The van der Waals surface area contributed by atoms with Crippen molar-refractivity contribution in [3.05, 3.63) is 29.6 Å². The highest BCUT2D eigenvalue weighted by Crippen LogP contribution is 2.27. The molecule has 22 heavy (non-hydrogen) atoms. The minimum atomic E-state index is -0.468. The highest BCUT2D eigenvalue weighted by molar-refractivity contribution is 7.99. The van der Waals surface area contributed by atoms with E-state index in [1.54, 1.807) is 22.9 Å². The molecule has 6 heteroatoms. The number of aromatic nitrogens is 1. The summed E-state index contributed by atoms with van der Waals surface area (Å²) < 4.78 is 0. The summed E-state index contributed by atoms with van der Waals surface area (Å²) in [5, 5.41) is 2.91. The Labute approximate surface area is 135 Å². The Balaban J connectivity index is 1.96. The molecule has 1 atom stereocenters. The number of carbonyl (C=O) groups is 2. The zero-order valence-electron chi connectivity index (χ0n) is 13.5. The van der Waals surface area contributed by atoms with Gasteiger partial charge in [0.15, 0.2) is 0 Å². The lowest BCUT2D eigenvalue weighted by Crippen LogP contribution is -2.50. The first kappa shape index (κ1) is 16.8. The van der Waals surface area contributed by atoms with Gasteiger partial charge in [-0.1, -0.05) is 26.8 Å². The summed E-state index contributed by atoms with van der Waals surface area (Å²) in [7, 11) is 0. The van der Waals surface area contributed by atoms with Crippen LogP contribution in [0.1, 0.15) is 32.0 Å². The molecule has 0 spiro atoms. The maximum absolute atomic E-state index is 12.4. The van der Waals surface area contributed by atoms with Gasteiger partial charge in [0.2, 0.25) is 11.8 Å². The second-order valence-corrected chi connectivity index (χ2v) is 7.57. The third kappa shape index (κ3) is 4.00. The molecule has 1 aromatic rings. The fourth-order valence-electron chi connectivity index (χ4n) is 2.20. The molecule has 1 N–H and O–H groups in total. The van der Waals surface area contributed by atoms with E-state index < -0.39 is 5.41 Å². The number of nitrogens with zero attached hydrogens (tertiary/aromatic N) is 2. The van der Waals surface area contributed by atoms with E-state index in [-0.39, 0.29) is 17.9 Å². The molecule has 0 unspecified atom stereocenters. The Morgan fingerprint density at radius 2 is 2.14 bits per heavy atom. The van der Waals surface area contributed by atoms with Gasteiger partial charge in [-0.25, -0.2) is 0 Å². The van der Waals surface area contributed by atoms with Crippen LogP contribution in [0.3, 0.4) is 0 Å². The smallest absolute Gasteiger partial charge is 0.243 e. The van der Waals surface area contributed by atoms with Crippen molar-refractivity contribution in [1.29, 1.82) is 0 Å². The first-order valence-corrected chi connectivity index (χ1v) is 8.52. The maximum atomic E-state index is 12.4. The molecule has 0 bridgehead atoms. The molecular formula is C16H23N3O2S. The summed E-state index contributed by atoms with van der Waals surface area (Å²) in [5.74, 6) is 1.16. The molecule has 1 saturated heterocycles. The Hall–Kier alpha value is -1.56. The summed E-state index contributed by atoms with van der Waals surface area (Å²) in [6.45, 7) is 8.00. The highest BCUT2D eigenvalue weighted by atomic mass is 32.2. The van der Waals surface area contributed by atoms with E-state index in [0.717, 1.165) is 11.3 Å². The SMILES string of the molecule is Cc1ccc(CNC(=O)[C@H]2CSCN2C(=O)C(C)(C)C)cn1. The van der Waals surface area contributed by atoms with Gasteiger partial charge in [-0.15, -0.1) is 11.8 Å². The van der Waals surface area contributed by atoms with Crippen molar-refractivity contribution in [2.75, 3.05) is 11.6 Å². The molecule has 0 saturated carbocycles. The molecule has 5 nitrogen and oxygen atoms in total. The van der Waals surface area contributed by atoms with Crippen molar-refractivity contribution in [2.24, 2.45) is 5.41 Å². The van der Waals surface area contributed by atoms with Crippen LogP contribution in [0.2, 0.25) is 0 Å². The largest absolute Gasteiger partial charge is 0.350 e. The minimum absolute atomic E-state index is 0.0228. The lowest BCUT2D eigenvalue weighted by atomic mass is 9.94. The van der Waals surface area contributed by atoms with E-state index in [0.29, 0.717) is 18.2 Å². The van der Waals surface area contributed by atoms with Gasteiger partial charge in [0, 0.05) is 29.6 Å². The fraction of sp³-hybridized carbons (Fsp3) is 0.562. The predicted molar refractivity (Wildman–Crippen MR) is 88.2 cm³/mol. The monoisotopic (exact) mass is 321 g/mol. The molecule has 1 aromatic heterocycles. The van der Waals surface area contributed by atoms with Crippen LogP contribution in [0.5, 0.6) is 0 Å². The molecule has 0 aliphatic carbocycles. The van der Waals surface area contributed by atoms with Crippen LogP contribution < -0.4 is 5.32 Å². The normalized spacial score (nSPS) is 18.4. The summed E-state index contributed by atoms with van der Waals surface area (Å²) in [6, 6.07) is 3.49. The van der Waals surface area contributed by atoms with Crippen LogP contribution in [-0.2, 0) is 16.1 Å². The van der Waals surface area contributed by atoms with Crippen LogP contribution in [0, 0.1) is 12.3 Å². The van der Waals surface area contributed by atoms with E-state index in [1.165, 1.54) is 0 Å². The number of hydrogen-bond acceptors (Lipinski definition) is 4. The summed E-state index contributed by atoms with van der Waals surface area (Å²) in [4.78, 5) is 30.7. The molecular weight excluding hydrogens is 298 g/mol. The van der Waals surface area contributed by atoms with Gasteiger partial charge in [0.1, 0.15) is 6.04 Å². The van der Waals surface area contributed by atoms with Crippen molar-refractivity contribution in [1.82, 2.24) is 15.2 Å². The molecule has 2 heterocycles. The number of carbonyl (C=O) groups excluding carboxylic acids is 2. The average molecular weight is 321 g/mol. The van der Waals surface area contributed by atoms with Crippen molar-refractivity contribution >= 4 is 23.6 Å². The Bertz CT molecular complexity index is 552. The number of rotatable bonds is 3. The number of aryl methyl sites for hydroxylation is 1. The van der Waals surface area contributed by atoms with Gasteiger partial charge >= 0.3 is 0 Å². The number of hydrogen-bond donors (Lipinski definition) is 1. The van der Waals surface area contributed by atoms with E-state index >= 15 is 0 Å². The molecule has 1 aliphatic heterocycles. The molecule has 0 aromatic carbocycles. The second kappa shape index (κ2) is 6.69. The van der Waals surface area contributed by atoms with Crippen molar-refractivity contribution in [3.8, 4) is 0 Å². The first-order valence-electron chi connectivity index (χ1n) is 7.37. The van der Waals surface area contributed by atoms with E-state index in [2.05, 4.69) is 10.3 Å². The predicted octanol–water partition coefficient (Wildman–Crippen LogP) is 1.95. The van der Waals surface area contributed by atoms with E-state index in [9.17, 15) is 9.59 Å². The van der Waals surface area contributed by atoms with Crippen LogP contribution in [0.4, 0.5) is 0 Å². The topological polar surface area (TPSA) is 62.3 Å². The lowest BCUT2D eigenvalue weighted by molar-refractivity contribution is -0.144. The Morgan fingerprint density at radius 1 is 1.41 bits per heavy atom. The average Bonchev–Trinajstić information content (AvgIpc) is 2.93.